The highest BCUT2D eigenvalue weighted by Gasteiger charge is 2.35. The van der Waals surface area contributed by atoms with Gasteiger partial charge in [-0.1, -0.05) is 0 Å². The summed E-state index contributed by atoms with van der Waals surface area (Å²) in [5, 5.41) is 0.898. The standard InChI is InChI=1S/C27H30N6O5S2/c1-15-30-21-22(36)16(14-19(35)24(21)39-15)28-7-5-9-32(2)10-6-8-29-17-13-18(34)20-25(23(17)37)40-26(31-20)27(38)33-11-3-4-12-33/h3-14H2,1-2H3. The minimum atomic E-state index is -0.310. The molecule has 40 heavy (non-hydrogen) atoms. The molecule has 0 saturated carbocycles. The second-order valence-corrected chi connectivity index (χ2v) is 12.3. The van der Waals surface area contributed by atoms with Crippen LogP contribution in [0.2, 0.25) is 0 Å². The number of hydrogen-bond acceptors (Lipinski definition) is 12. The minimum absolute atomic E-state index is 0.0317. The maximum atomic E-state index is 13.0. The van der Waals surface area contributed by atoms with Crippen LogP contribution in [0.25, 0.3) is 0 Å². The normalized spacial score (nSPS) is 19.3. The number of ketones is 4. The maximum absolute atomic E-state index is 13.0. The summed E-state index contributed by atoms with van der Waals surface area (Å²) in [4.78, 5) is 84.8. The summed E-state index contributed by atoms with van der Waals surface area (Å²) < 4.78 is 0. The summed E-state index contributed by atoms with van der Waals surface area (Å²) in [5.41, 5.74) is 0.841. The molecule has 2 aromatic rings. The molecule has 0 unspecified atom stereocenters. The average Bonchev–Trinajstić information content (AvgIpc) is 3.69. The fourth-order valence-corrected chi connectivity index (χ4v) is 6.82. The van der Waals surface area contributed by atoms with E-state index in [0.29, 0.717) is 42.5 Å². The molecule has 0 spiro atoms. The summed E-state index contributed by atoms with van der Waals surface area (Å²) in [6, 6.07) is 0. The molecule has 210 valence electrons. The number of aromatic nitrogens is 2. The smallest absolute Gasteiger partial charge is 0.282 e. The molecule has 13 heteroatoms. The quantitative estimate of drug-likeness (QED) is 0.411. The highest BCUT2D eigenvalue weighted by molar-refractivity contribution is 7.17. The maximum Gasteiger partial charge on any atom is 0.282 e. The third-order valence-electron chi connectivity index (χ3n) is 7.06. The van der Waals surface area contributed by atoms with Gasteiger partial charge in [-0.15, -0.1) is 22.7 Å². The number of thiazole rings is 2. The van der Waals surface area contributed by atoms with Gasteiger partial charge in [0, 0.05) is 26.2 Å². The summed E-state index contributed by atoms with van der Waals surface area (Å²) in [6.45, 7) is 5.45. The van der Waals surface area contributed by atoms with Gasteiger partial charge in [-0.3, -0.25) is 34.0 Å². The van der Waals surface area contributed by atoms with Crippen molar-refractivity contribution in [3.63, 3.8) is 0 Å². The number of rotatable bonds is 9. The predicted octanol–water partition coefficient (Wildman–Crippen LogP) is 2.98. The zero-order valence-electron chi connectivity index (χ0n) is 22.5. The van der Waals surface area contributed by atoms with Gasteiger partial charge < -0.3 is 9.80 Å². The first-order valence-corrected chi connectivity index (χ1v) is 15.0. The van der Waals surface area contributed by atoms with Gasteiger partial charge in [-0.25, -0.2) is 9.97 Å². The zero-order chi connectivity index (χ0) is 28.4. The van der Waals surface area contributed by atoms with Crippen molar-refractivity contribution in [2.45, 2.75) is 45.4 Å². The minimum Gasteiger partial charge on any atom is -0.337 e. The van der Waals surface area contributed by atoms with Gasteiger partial charge >= 0.3 is 0 Å². The van der Waals surface area contributed by atoms with Crippen LogP contribution >= 0.6 is 22.7 Å². The van der Waals surface area contributed by atoms with E-state index in [4.69, 9.17) is 0 Å². The Morgan fingerprint density at radius 1 is 0.850 bits per heavy atom. The number of carbonyl (C=O) groups excluding carboxylic acids is 5. The first kappa shape index (κ1) is 28.2. The molecular weight excluding hydrogens is 552 g/mol. The lowest BCUT2D eigenvalue weighted by Crippen LogP contribution is -2.28. The van der Waals surface area contributed by atoms with E-state index in [-0.39, 0.29) is 74.6 Å². The first-order chi connectivity index (χ1) is 19.2. The average molecular weight is 583 g/mol. The monoisotopic (exact) mass is 582 g/mol. The Morgan fingerprint density at radius 2 is 1.48 bits per heavy atom. The molecule has 11 nitrogen and oxygen atoms in total. The van der Waals surface area contributed by atoms with Crippen LogP contribution in [-0.4, -0.2) is 107 Å². The highest BCUT2D eigenvalue weighted by Crippen LogP contribution is 2.28. The van der Waals surface area contributed by atoms with Gasteiger partial charge in [-0.2, -0.15) is 0 Å². The van der Waals surface area contributed by atoms with Crippen LogP contribution in [-0.2, 0) is 0 Å². The Labute approximate surface area is 239 Å². The molecular formula is C27H30N6O5S2. The molecule has 0 aromatic carbocycles. The molecule has 2 aromatic heterocycles. The van der Waals surface area contributed by atoms with Crippen molar-refractivity contribution in [3.8, 4) is 0 Å². The summed E-state index contributed by atoms with van der Waals surface area (Å²) >= 11 is 2.25. The number of amides is 1. The fraction of sp³-hybridized carbons (Fsp3) is 0.519. The number of fused-ring (bicyclic) bond motifs is 2. The van der Waals surface area contributed by atoms with Crippen LogP contribution < -0.4 is 0 Å². The van der Waals surface area contributed by atoms with Crippen molar-refractivity contribution < 1.29 is 24.0 Å². The van der Waals surface area contributed by atoms with Gasteiger partial charge in [0.05, 0.1) is 29.3 Å². The van der Waals surface area contributed by atoms with Crippen molar-refractivity contribution in [2.24, 2.45) is 9.98 Å². The van der Waals surface area contributed by atoms with Crippen molar-refractivity contribution in [1.29, 1.82) is 0 Å². The Morgan fingerprint density at radius 3 is 2.15 bits per heavy atom. The second-order valence-electron chi connectivity index (χ2n) is 10.1. The number of aryl methyl sites for hydroxylation is 1. The summed E-state index contributed by atoms with van der Waals surface area (Å²) in [5.74, 6) is -1.15. The Balaban J connectivity index is 1.07. The van der Waals surface area contributed by atoms with Crippen LogP contribution in [0.1, 0.15) is 93.7 Å². The number of Topliss-reactive ketones (excluding diaryl/α,β-unsaturated/α-hetero) is 4. The van der Waals surface area contributed by atoms with E-state index < -0.39 is 0 Å². The van der Waals surface area contributed by atoms with E-state index in [0.717, 1.165) is 43.7 Å². The van der Waals surface area contributed by atoms with Gasteiger partial charge in [0.2, 0.25) is 11.6 Å². The second kappa shape index (κ2) is 12.1. The molecule has 1 amide bonds. The summed E-state index contributed by atoms with van der Waals surface area (Å²) in [7, 11) is 1.97. The molecule has 5 rings (SSSR count). The third kappa shape index (κ3) is 5.91. The van der Waals surface area contributed by atoms with Gasteiger partial charge in [-0.05, 0) is 52.7 Å². The van der Waals surface area contributed by atoms with Crippen molar-refractivity contribution in [3.05, 3.63) is 31.2 Å². The van der Waals surface area contributed by atoms with Crippen molar-refractivity contribution in [2.75, 3.05) is 46.3 Å². The molecule has 0 radical (unpaired) electrons. The zero-order valence-corrected chi connectivity index (χ0v) is 24.2. The Bertz CT molecular complexity index is 1450. The molecule has 0 bridgehead atoms. The molecule has 3 aliphatic rings. The van der Waals surface area contributed by atoms with E-state index in [1.807, 2.05) is 7.05 Å². The Hall–Kier alpha value is -3.29. The number of nitrogens with zero attached hydrogens (tertiary/aromatic N) is 6. The third-order valence-corrected chi connectivity index (χ3v) is 9.11. The molecule has 0 N–H and O–H groups in total. The molecule has 3 heterocycles. The first-order valence-electron chi connectivity index (χ1n) is 13.4. The van der Waals surface area contributed by atoms with E-state index in [9.17, 15) is 24.0 Å². The molecule has 2 aliphatic carbocycles. The van der Waals surface area contributed by atoms with E-state index >= 15 is 0 Å². The fourth-order valence-electron chi connectivity index (χ4n) is 4.95. The number of aliphatic imine (C=N–C) groups is 2. The highest BCUT2D eigenvalue weighted by atomic mass is 32.1. The molecule has 1 saturated heterocycles. The van der Waals surface area contributed by atoms with Crippen LogP contribution in [0.4, 0.5) is 0 Å². The number of likely N-dealkylation sites (tertiary alicyclic amines) is 1. The van der Waals surface area contributed by atoms with Crippen molar-refractivity contribution >= 4 is 63.1 Å². The van der Waals surface area contributed by atoms with Crippen LogP contribution in [0.15, 0.2) is 9.98 Å². The van der Waals surface area contributed by atoms with Crippen molar-refractivity contribution in [1.82, 2.24) is 19.8 Å². The molecule has 0 atom stereocenters. The predicted molar refractivity (Wildman–Crippen MR) is 152 cm³/mol. The summed E-state index contributed by atoms with van der Waals surface area (Å²) in [6.07, 6.45) is 3.26. The van der Waals surface area contributed by atoms with Crippen LogP contribution in [0.5, 0.6) is 0 Å². The van der Waals surface area contributed by atoms with E-state index in [2.05, 4.69) is 24.9 Å². The molecule has 1 aliphatic heterocycles. The van der Waals surface area contributed by atoms with Crippen LogP contribution in [0.3, 0.4) is 0 Å². The number of hydrogen-bond donors (Lipinski definition) is 0. The lowest BCUT2D eigenvalue weighted by molar-refractivity contribution is 0.0791. The lowest BCUT2D eigenvalue weighted by atomic mass is 9.98. The largest absolute Gasteiger partial charge is 0.337 e. The van der Waals surface area contributed by atoms with Crippen LogP contribution in [0, 0.1) is 6.92 Å². The topological polar surface area (TPSA) is 142 Å². The number of carbonyl (C=O) groups is 5. The molecule has 1 fully saturated rings. The SMILES string of the molecule is Cc1nc2c(s1)C(=O)CC(=NCCCN(C)CCCN=C1CC(=O)c3nc(C(=O)N4CCCC4)sc3C1=O)C2=O. The lowest BCUT2D eigenvalue weighted by Gasteiger charge is -2.16. The Kier molecular flexibility index (Phi) is 8.52. The van der Waals surface area contributed by atoms with E-state index in [1.165, 1.54) is 11.3 Å². The van der Waals surface area contributed by atoms with E-state index in [1.54, 1.807) is 11.8 Å². The van der Waals surface area contributed by atoms with Gasteiger partial charge in [0.25, 0.3) is 5.91 Å². The van der Waals surface area contributed by atoms with Gasteiger partial charge in [0.1, 0.15) is 21.1 Å². The van der Waals surface area contributed by atoms with Gasteiger partial charge in [0.15, 0.2) is 16.6 Å².